The van der Waals surface area contributed by atoms with Gasteiger partial charge in [0, 0.05) is 25.7 Å². The van der Waals surface area contributed by atoms with Gasteiger partial charge in [0.15, 0.2) is 5.82 Å². The van der Waals surface area contributed by atoms with Gasteiger partial charge in [0.25, 0.3) is 0 Å². The minimum absolute atomic E-state index is 0. The van der Waals surface area contributed by atoms with Gasteiger partial charge in [0.05, 0.1) is 6.20 Å². The number of fused-ring (bicyclic) bond motifs is 1. The van der Waals surface area contributed by atoms with E-state index in [1.165, 1.54) is 19.3 Å². The van der Waals surface area contributed by atoms with Gasteiger partial charge in [0.1, 0.15) is 12.3 Å². The maximum Gasteiger partial charge on any atom is 0.239 e. The van der Waals surface area contributed by atoms with Crippen molar-refractivity contribution in [3.05, 3.63) is 11.9 Å². The van der Waals surface area contributed by atoms with Gasteiger partial charge in [-0.15, -0.1) is 12.4 Å². The van der Waals surface area contributed by atoms with E-state index in [4.69, 9.17) is 4.74 Å². The maximum atomic E-state index is 5.65. The summed E-state index contributed by atoms with van der Waals surface area (Å²) < 4.78 is 5.65. The summed E-state index contributed by atoms with van der Waals surface area (Å²) >= 11 is 0. The van der Waals surface area contributed by atoms with Crippen LogP contribution in [0.3, 0.4) is 0 Å². The predicted molar refractivity (Wildman–Crippen MR) is 77.1 cm³/mol. The predicted octanol–water partition coefficient (Wildman–Crippen LogP) is 1.76. The number of anilines is 1. The van der Waals surface area contributed by atoms with Gasteiger partial charge in [-0.3, -0.25) is 4.98 Å². The van der Waals surface area contributed by atoms with Crippen molar-refractivity contribution < 1.29 is 4.74 Å². The minimum atomic E-state index is 0. The third-order valence-corrected chi connectivity index (χ3v) is 3.71. The van der Waals surface area contributed by atoms with Crippen molar-refractivity contribution in [2.45, 2.75) is 38.8 Å². The molecule has 0 saturated carbocycles. The molecule has 1 aromatic heterocycles. The zero-order chi connectivity index (χ0) is 12.4. The molecular formula is C13H21ClN4O. The lowest BCUT2D eigenvalue weighted by Gasteiger charge is -2.34. The Kier molecular flexibility index (Phi) is 4.82. The Morgan fingerprint density at radius 3 is 3.16 bits per heavy atom. The number of halogens is 1. The van der Waals surface area contributed by atoms with Crippen LogP contribution in [0.5, 0.6) is 5.88 Å². The van der Waals surface area contributed by atoms with Crippen LogP contribution in [-0.4, -0.2) is 35.7 Å². The lowest BCUT2D eigenvalue weighted by Crippen LogP contribution is -2.38. The van der Waals surface area contributed by atoms with Crippen molar-refractivity contribution in [1.29, 1.82) is 0 Å². The second-order valence-corrected chi connectivity index (χ2v) is 5.04. The zero-order valence-electron chi connectivity index (χ0n) is 11.3. The van der Waals surface area contributed by atoms with Gasteiger partial charge in [-0.2, -0.15) is 4.98 Å². The van der Waals surface area contributed by atoms with Gasteiger partial charge >= 0.3 is 0 Å². The quantitative estimate of drug-likeness (QED) is 0.852. The average molecular weight is 285 g/mol. The first-order valence-corrected chi connectivity index (χ1v) is 6.80. The molecule has 0 spiro atoms. The number of piperidine rings is 1. The number of ether oxygens (including phenoxy) is 1. The highest BCUT2D eigenvalue weighted by Gasteiger charge is 2.21. The first kappa shape index (κ1) is 14.3. The van der Waals surface area contributed by atoms with Crippen molar-refractivity contribution in [2.24, 2.45) is 0 Å². The molecular weight excluding hydrogens is 264 g/mol. The molecule has 5 nitrogen and oxygen atoms in total. The number of rotatable bonds is 1. The highest BCUT2D eigenvalue weighted by molar-refractivity contribution is 5.85. The van der Waals surface area contributed by atoms with Gasteiger partial charge in [-0.1, -0.05) is 0 Å². The van der Waals surface area contributed by atoms with Crippen LogP contribution in [-0.2, 0) is 6.54 Å². The summed E-state index contributed by atoms with van der Waals surface area (Å²) in [6.07, 6.45) is 5.68. The lowest BCUT2D eigenvalue weighted by molar-refractivity contribution is 0.312. The molecule has 19 heavy (non-hydrogen) atoms. The molecule has 1 saturated heterocycles. The van der Waals surface area contributed by atoms with E-state index in [1.54, 1.807) is 0 Å². The summed E-state index contributed by atoms with van der Waals surface area (Å²) in [7, 11) is 0. The van der Waals surface area contributed by atoms with Crippen molar-refractivity contribution in [2.75, 3.05) is 24.6 Å². The summed E-state index contributed by atoms with van der Waals surface area (Å²) in [5.41, 5.74) is 0.918. The van der Waals surface area contributed by atoms with Crippen molar-refractivity contribution >= 4 is 18.2 Å². The molecule has 1 atom stereocenters. The number of aromatic nitrogens is 2. The van der Waals surface area contributed by atoms with Crippen LogP contribution in [0.2, 0.25) is 0 Å². The Balaban J connectivity index is 0.00000133. The second kappa shape index (κ2) is 6.39. The SMILES string of the molecule is CC1CCCCN1c1cnc2c(n1)OCCNC2.Cl. The molecule has 0 radical (unpaired) electrons. The highest BCUT2D eigenvalue weighted by atomic mass is 35.5. The molecule has 0 amide bonds. The van der Waals surface area contributed by atoms with Crippen LogP contribution in [0, 0.1) is 0 Å². The Labute approximate surface area is 120 Å². The van der Waals surface area contributed by atoms with E-state index in [2.05, 4.69) is 27.1 Å². The Bertz CT molecular complexity index is 429. The molecule has 1 unspecified atom stereocenters. The molecule has 106 valence electrons. The van der Waals surface area contributed by atoms with Crippen LogP contribution < -0.4 is 15.0 Å². The molecule has 1 fully saturated rings. The highest BCUT2D eigenvalue weighted by Crippen LogP contribution is 2.25. The zero-order valence-corrected chi connectivity index (χ0v) is 12.1. The number of hydrogen-bond donors (Lipinski definition) is 1. The summed E-state index contributed by atoms with van der Waals surface area (Å²) in [6.45, 7) is 5.61. The van der Waals surface area contributed by atoms with E-state index in [0.717, 1.165) is 31.1 Å². The maximum absolute atomic E-state index is 5.65. The van der Waals surface area contributed by atoms with Gasteiger partial charge in [0.2, 0.25) is 5.88 Å². The van der Waals surface area contributed by atoms with Crippen molar-refractivity contribution in [1.82, 2.24) is 15.3 Å². The molecule has 6 heteroatoms. The van der Waals surface area contributed by atoms with Crippen LogP contribution in [0.4, 0.5) is 5.82 Å². The van der Waals surface area contributed by atoms with Crippen LogP contribution in [0.1, 0.15) is 31.9 Å². The molecule has 2 aliphatic rings. The Morgan fingerprint density at radius 1 is 1.42 bits per heavy atom. The topological polar surface area (TPSA) is 50.3 Å². The molecule has 0 aromatic carbocycles. The fraction of sp³-hybridized carbons (Fsp3) is 0.692. The third-order valence-electron chi connectivity index (χ3n) is 3.71. The van der Waals surface area contributed by atoms with Crippen molar-refractivity contribution in [3.63, 3.8) is 0 Å². The standard InChI is InChI=1S/C13H20N4O.ClH/c1-10-4-2-3-6-17(10)12-9-15-11-8-14-5-7-18-13(11)16-12;/h9-10,14H,2-8H2,1H3;1H. The van der Waals surface area contributed by atoms with Gasteiger partial charge in [-0.25, -0.2) is 0 Å². The summed E-state index contributed by atoms with van der Waals surface area (Å²) in [5, 5.41) is 3.27. The monoisotopic (exact) mass is 284 g/mol. The minimum Gasteiger partial charge on any atom is -0.475 e. The molecule has 1 aromatic rings. The van der Waals surface area contributed by atoms with E-state index in [0.29, 0.717) is 18.5 Å². The summed E-state index contributed by atoms with van der Waals surface area (Å²) in [5.74, 6) is 1.66. The first-order chi connectivity index (χ1) is 8.84. The first-order valence-electron chi connectivity index (χ1n) is 6.80. The average Bonchev–Trinajstić information content (AvgIpc) is 2.63. The fourth-order valence-electron chi connectivity index (χ4n) is 2.63. The van der Waals surface area contributed by atoms with Crippen molar-refractivity contribution in [3.8, 4) is 5.88 Å². The van der Waals surface area contributed by atoms with Gasteiger partial charge in [-0.05, 0) is 26.2 Å². The van der Waals surface area contributed by atoms with E-state index in [9.17, 15) is 0 Å². The number of nitrogens with zero attached hydrogens (tertiary/aromatic N) is 3. The molecule has 1 N–H and O–H groups in total. The van der Waals surface area contributed by atoms with E-state index in [-0.39, 0.29) is 12.4 Å². The molecule has 2 aliphatic heterocycles. The van der Waals surface area contributed by atoms with E-state index >= 15 is 0 Å². The van der Waals surface area contributed by atoms with Gasteiger partial charge < -0.3 is 15.0 Å². The van der Waals surface area contributed by atoms with E-state index in [1.807, 2.05) is 6.20 Å². The normalized spacial score (nSPS) is 22.8. The smallest absolute Gasteiger partial charge is 0.239 e. The second-order valence-electron chi connectivity index (χ2n) is 5.04. The molecule has 0 aliphatic carbocycles. The third kappa shape index (κ3) is 3.09. The van der Waals surface area contributed by atoms with E-state index < -0.39 is 0 Å². The van der Waals surface area contributed by atoms with Crippen LogP contribution in [0.15, 0.2) is 6.20 Å². The summed E-state index contributed by atoms with van der Waals surface area (Å²) in [6, 6.07) is 0.551. The largest absolute Gasteiger partial charge is 0.475 e. The Hall–Kier alpha value is -1.07. The van der Waals surface area contributed by atoms with Crippen LogP contribution >= 0.6 is 12.4 Å². The molecule has 0 bridgehead atoms. The Morgan fingerprint density at radius 2 is 2.32 bits per heavy atom. The number of nitrogens with one attached hydrogen (secondary N) is 1. The number of hydrogen-bond acceptors (Lipinski definition) is 5. The summed E-state index contributed by atoms with van der Waals surface area (Å²) in [4.78, 5) is 11.5. The van der Waals surface area contributed by atoms with Crippen LogP contribution in [0.25, 0.3) is 0 Å². The molecule has 3 heterocycles. The lowest BCUT2D eigenvalue weighted by atomic mass is 10.0. The fourth-order valence-corrected chi connectivity index (χ4v) is 2.63. The molecule has 3 rings (SSSR count).